The molecule has 2 atom stereocenters. The van der Waals surface area contributed by atoms with Crippen molar-refractivity contribution in [1.82, 2.24) is 5.32 Å². The van der Waals surface area contributed by atoms with Crippen LogP contribution >= 0.6 is 23.1 Å². The first kappa shape index (κ1) is 11.5. The highest BCUT2D eigenvalue weighted by molar-refractivity contribution is 7.99. The predicted molar refractivity (Wildman–Crippen MR) is 70.9 cm³/mol. The van der Waals surface area contributed by atoms with E-state index in [1.165, 1.54) is 28.4 Å². The molecule has 1 nitrogen and oxygen atoms in total. The van der Waals surface area contributed by atoms with Gasteiger partial charge in [0.2, 0.25) is 0 Å². The molecule has 1 aromatic heterocycles. The third-order valence-electron chi connectivity index (χ3n) is 2.97. The van der Waals surface area contributed by atoms with Crippen molar-refractivity contribution in [3.63, 3.8) is 0 Å². The maximum Gasteiger partial charge on any atom is 0.0365 e. The maximum absolute atomic E-state index is 3.65. The summed E-state index contributed by atoms with van der Waals surface area (Å²) in [6.07, 6.45) is 1.37. The largest absolute Gasteiger partial charge is 0.310 e. The maximum atomic E-state index is 3.65. The van der Waals surface area contributed by atoms with Crippen LogP contribution in [0.25, 0.3) is 0 Å². The zero-order chi connectivity index (χ0) is 10.7. The van der Waals surface area contributed by atoms with E-state index < -0.39 is 0 Å². The van der Waals surface area contributed by atoms with Crippen molar-refractivity contribution in [3.8, 4) is 0 Å². The molecule has 0 radical (unpaired) electrons. The van der Waals surface area contributed by atoms with Gasteiger partial charge < -0.3 is 5.32 Å². The number of nitrogens with one attached hydrogen (secondary N) is 1. The number of thiophene rings is 1. The Bertz CT molecular complexity index is 302. The van der Waals surface area contributed by atoms with Gasteiger partial charge in [0.15, 0.2) is 0 Å². The van der Waals surface area contributed by atoms with Gasteiger partial charge in [-0.3, -0.25) is 0 Å². The van der Waals surface area contributed by atoms with E-state index in [9.17, 15) is 0 Å². The number of rotatable bonds is 4. The Balaban J connectivity index is 2.11. The van der Waals surface area contributed by atoms with Crippen LogP contribution in [0.5, 0.6) is 0 Å². The van der Waals surface area contributed by atoms with Gasteiger partial charge in [-0.2, -0.15) is 11.8 Å². The van der Waals surface area contributed by atoms with Gasteiger partial charge in [-0.1, -0.05) is 6.92 Å². The summed E-state index contributed by atoms with van der Waals surface area (Å²) in [5.41, 5.74) is 1.51. The van der Waals surface area contributed by atoms with Gasteiger partial charge in [0, 0.05) is 10.9 Å². The summed E-state index contributed by atoms with van der Waals surface area (Å²) in [6, 6.07) is 2.94. The molecule has 0 aliphatic carbocycles. The highest BCUT2D eigenvalue weighted by atomic mass is 32.2. The van der Waals surface area contributed by atoms with Crippen LogP contribution in [0.3, 0.4) is 0 Å². The highest BCUT2D eigenvalue weighted by Gasteiger charge is 2.26. The molecule has 2 rings (SSSR count). The Labute approximate surface area is 101 Å². The molecule has 1 fully saturated rings. The van der Waals surface area contributed by atoms with Crippen molar-refractivity contribution in [3.05, 3.63) is 21.9 Å². The fourth-order valence-electron chi connectivity index (χ4n) is 2.22. The molecule has 3 heteroatoms. The van der Waals surface area contributed by atoms with Crippen LogP contribution in [0.4, 0.5) is 0 Å². The van der Waals surface area contributed by atoms with E-state index >= 15 is 0 Å². The van der Waals surface area contributed by atoms with Gasteiger partial charge in [-0.05, 0) is 54.3 Å². The number of aryl methyl sites for hydroxylation is 1. The molecular formula is C12H19NS2. The average Bonchev–Trinajstić information content (AvgIpc) is 2.85. The molecule has 0 aromatic carbocycles. The van der Waals surface area contributed by atoms with Crippen LogP contribution in [0, 0.1) is 12.8 Å². The van der Waals surface area contributed by atoms with Crippen LogP contribution in [0.1, 0.15) is 29.8 Å². The fourth-order valence-corrected chi connectivity index (χ4v) is 4.26. The Morgan fingerprint density at radius 1 is 1.60 bits per heavy atom. The summed E-state index contributed by atoms with van der Waals surface area (Å²) in [4.78, 5) is 1.43. The zero-order valence-electron chi connectivity index (χ0n) is 9.45. The second kappa shape index (κ2) is 5.37. The molecule has 15 heavy (non-hydrogen) atoms. The van der Waals surface area contributed by atoms with E-state index in [0.717, 1.165) is 12.5 Å². The summed E-state index contributed by atoms with van der Waals surface area (Å²) in [6.45, 7) is 5.47. The third-order valence-corrected chi connectivity index (χ3v) is 5.04. The van der Waals surface area contributed by atoms with Crippen LogP contribution in [-0.2, 0) is 0 Å². The molecule has 1 aromatic rings. The summed E-state index contributed by atoms with van der Waals surface area (Å²) >= 11 is 3.97. The van der Waals surface area contributed by atoms with Gasteiger partial charge in [0.1, 0.15) is 0 Å². The van der Waals surface area contributed by atoms with E-state index in [4.69, 9.17) is 0 Å². The summed E-state index contributed by atoms with van der Waals surface area (Å²) in [5.74, 6) is 3.51. The lowest BCUT2D eigenvalue weighted by Crippen LogP contribution is -2.27. The Morgan fingerprint density at radius 2 is 2.47 bits per heavy atom. The van der Waals surface area contributed by atoms with Crippen molar-refractivity contribution >= 4 is 23.1 Å². The second-order valence-corrected chi connectivity index (χ2v) is 6.41. The van der Waals surface area contributed by atoms with E-state index in [0.29, 0.717) is 6.04 Å². The number of hydrogen-bond donors (Lipinski definition) is 1. The van der Waals surface area contributed by atoms with Gasteiger partial charge in [-0.25, -0.2) is 0 Å². The van der Waals surface area contributed by atoms with Gasteiger partial charge >= 0.3 is 0 Å². The predicted octanol–water partition coefficient (Wildman–Crippen LogP) is 3.46. The van der Waals surface area contributed by atoms with Crippen LogP contribution in [-0.4, -0.2) is 18.1 Å². The lowest BCUT2D eigenvalue weighted by Gasteiger charge is -2.23. The van der Waals surface area contributed by atoms with Crippen LogP contribution in [0.2, 0.25) is 0 Å². The average molecular weight is 241 g/mol. The molecular weight excluding hydrogens is 222 g/mol. The fraction of sp³-hybridized carbons (Fsp3) is 0.667. The quantitative estimate of drug-likeness (QED) is 0.866. The van der Waals surface area contributed by atoms with Gasteiger partial charge in [0.25, 0.3) is 0 Å². The zero-order valence-corrected chi connectivity index (χ0v) is 11.1. The lowest BCUT2D eigenvalue weighted by atomic mass is 9.94. The van der Waals surface area contributed by atoms with Crippen molar-refractivity contribution < 1.29 is 0 Å². The first-order valence-electron chi connectivity index (χ1n) is 5.67. The van der Waals surface area contributed by atoms with Crippen molar-refractivity contribution in [2.75, 3.05) is 18.1 Å². The molecule has 2 unspecified atom stereocenters. The van der Waals surface area contributed by atoms with E-state index in [1.54, 1.807) is 0 Å². The molecule has 0 amide bonds. The third kappa shape index (κ3) is 2.77. The lowest BCUT2D eigenvalue weighted by molar-refractivity contribution is 0.402. The first-order chi connectivity index (χ1) is 7.31. The standard InChI is InChI=1S/C12H19NS2/c1-3-13-12(10-4-5-14-7-10)11-6-9(2)15-8-11/h6,8,10,12-13H,3-5,7H2,1-2H3. The van der Waals surface area contributed by atoms with E-state index in [2.05, 4.69) is 42.4 Å². The van der Waals surface area contributed by atoms with E-state index in [1.807, 2.05) is 11.3 Å². The molecule has 1 N–H and O–H groups in total. The molecule has 1 aliphatic heterocycles. The molecule has 1 aliphatic rings. The molecule has 2 heterocycles. The van der Waals surface area contributed by atoms with Crippen molar-refractivity contribution in [1.29, 1.82) is 0 Å². The molecule has 0 bridgehead atoms. The molecule has 0 saturated carbocycles. The first-order valence-corrected chi connectivity index (χ1v) is 7.71. The van der Waals surface area contributed by atoms with Crippen molar-refractivity contribution in [2.24, 2.45) is 5.92 Å². The Kier molecular flexibility index (Phi) is 4.12. The van der Waals surface area contributed by atoms with Gasteiger partial charge in [-0.15, -0.1) is 11.3 Å². The summed E-state index contributed by atoms with van der Waals surface area (Å²) < 4.78 is 0. The van der Waals surface area contributed by atoms with E-state index in [-0.39, 0.29) is 0 Å². The van der Waals surface area contributed by atoms with Crippen LogP contribution in [0.15, 0.2) is 11.4 Å². The minimum absolute atomic E-state index is 0.593. The molecule has 0 spiro atoms. The van der Waals surface area contributed by atoms with Crippen LogP contribution < -0.4 is 5.32 Å². The molecule has 84 valence electrons. The Morgan fingerprint density at radius 3 is 3.00 bits per heavy atom. The number of thioether (sulfide) groups is 1. The molecule has 1 saturated heterocycles. The minimum atomic E-state index is 0.593. The van der Waals surface area contributed by atoms with Crippen molar-refractivity contribution in [2.45, 2.75) is 26.3 Å². The Hall–Kier alpha value is 0.01000. The highest BCUT2D eigenvalue weighted by Crippen LogP contribution is 2.35. The summed E-state index contributed by atoms with van der Waals surface area (Å²) in [5, 5.41) is 5.97. The second-order valence-electron chi connectivity index (χ2n) is 4.15. The summed E-state index contributed by atoms with van der Waals surface area (Å²) in [7, 11) is 0. The minimum Gasteiger partial charge on any atom is -0.310 e. The SMILES string of the molecule is CCNC(c1csc(C)c1)C1CCSC1. The monoisotopic (exact) mass is 241 g/mol. The topological polar surface area (TPSA) is 12.0 Å². The number of hydrogen-bond acceptors (Lipinski definition) is 3. The normalized spacial score (nSPS) is 23.2. The van der Waals surface area contributed by atoms with Gasteiger partial charge in [0.05, 0.1) is 0 Å². The smallest absolute Gasteiger partial charge is 0.0365 e.